The Morgan fingerprint density at radius 3 is 2.78 bits per heavy atom. The van der Waals surface area contributed by atoms with Gasteiger partial charge >= 0.3 is 11.9 Å². The van der Waals surface area contributed by atoms with Gasteiger partial charge in [-0.05, 0) is 19.9 Å². The summed E-state index contributed by atoms with van der Waals surface area (Å²) in [4.78, 5) is 23.4. The molecule has 0 amide bonds. The lowest BCUT2D eigenvalue weighted by Gasteiger charge is -2.10. The number of esters is 2. The summed E-state index contributed by atoms with van der Waals surface area (Å²) in [5, 5.41) is 0.784. The van der Waals surface area contributed by atoms with Crippen LogP contribution in [0.15, 0.2) is 17.3 Å². The molecule has 1 aliphatic rings. The summed E-state index contributed by atoms with van der Waals surface area (Å²) in [6.07, 6.45) is 1.74. The van der Waals surface area contributed by atoms with Crippen molar-refractivity contribution < 1.29 is 19.1 Å². The van der Waals surface area contributed by atoms with Crippen LogP contribution in [0.2, 0.25) is 0 Å². The molecule has 0 spiro atoms. The van der Waals surface area contributed by atoms with Crippen molar-refractivity contribution in [3.8, 4) is 0 Å². The molecule has 0 saturated carbocycles. The van der Waals surface area contributed by atoms with Crippen LogP contribution in [0.25, 0.3) is 0 Å². The number of nitrogens with zero attached hydrogens (tertiary/aromatic N) is 1. The Morgan fingerprint density at radius 1 is 1.39 bits per heavy atom. The molecule has 1 atom stereocenters. The van der Waals surface area contributed by atoms with E-state index in [0.29, 0.717) is 24.5 Å². The lowest BCUT2D eigenvalue weighted by Crippen LogP contribution is -2.20. The molecular formula is C12H15NO4S. The fourth-order valence-corrected chi connectivity index (χ4v) is 3.11. The average molecular weight is 269 g/mol. The van der Waals surface area contributed by atoms with Gasteiger partial charge in [-0.2, -0.15) is 0 Å². The summed E-state index contributed by atoms with van der Waals surface area (Å²) in [5.74, 6) is -0.000435. The van der Waals surface area contributed by atoms with Crippen LogP contribution >= 0.6 is 11.8 Å². The minimum absolute atomic E-state index is 0.255. The maximum atomic E-state index is 11.7. The lowest BCUT2D eigenvalue weighted by atomic mass is 10.3. The second-order valence-corrected chi connectivity index (χ2v) is 4.75. The van der Waals surface area contributed by atoms with Crippen molar-refractivity contribution in [2.24, 2.45) is 0 Å². The number of aromatic nitrogens is 1. The normalized spacial score (nSPS) is 17.3. The van der Waals surface area contributed by atoms with Crippen LogP contribution < -0.4 is 0 Å². The number of fused-ring (bicyclic) bond motifs is 1. The fraction of sp³-hybridized carbons (Fsp3) is 0.500. The van der Waals surface area contributed by atoms with E-state index in [1.807, 2.05) is 0 Å². The Hall–Kier alpha value is -1.43. The van der Waals surface area contributed by atoms with E-state index < -0.39 is 0 Å². The number of carbonyl (C=O) groups is 2. The van der Waals surface area contributed by atoms with Crippen LogP contribution in [-0.4, -0.2) is 35.5 Å². The van der Waals surface area contributed by atoms with Gasteiger partial charge in [0.05, 0.1) is 23.8 Å². The number of ether oxygens (including phenoxy) is 2. The maximum Gasteiger partial charge on any atom is 0.340 e. The van der Waals surface area contributed by atoms with Gasteiger partial charge in [0.15, 0.2) is 0 Å². The molecule has 0 saturated heterocycles. The van der Waals surface area contributed by atoms with Crippen LogP contribution in [0.1, 0.15) is 30.2 Å². The molecule has 1 aromatic heterocycles. The molecule has 0 fully saturated rings. The summed E-state index contributed by atoms with van der Waals surface area (Å²) in [7, 11) is 0. The van der Waals surface area contributed by atoms with E-state index in [0.717, 1.165) is 5.03 Å². The van der Waals surface area contributed by atoms with Crippen LogP contribution in [0.5, 0.6) is 0 Å². The molecule has 5 nitrogen and oxygen atoms in total. The second-order valence-electron chi connectivity index (χ2n) is 3.74. The Balaban J connectivity index is 2.20. The van der Waals surface area contributed by atoms with E-state index in [4.69, 9.17) is 9.47 Å². The quantitative estimate of drug-likeness (QED) is 0.781. The van der Waals surface area contributed by atoms with Gasteiger partial charge in [0.1, 0.15) is 6.04 Å². The van der Waals surface area contributed by atoms with Gasteiger partial charge in [-0.25, -0.2) is 9.59 Å². The van der Waals surface area contributed by atoms with Crippen LogP contribution in [0.4, 0.5) is 0 Å². The highest BCUT2D eigenvalue weighted by atomic mass is 32.2. The number of hydrogen-bond donors (Lipinski definition) is 0. The minimum atomic E-state index is -0.344. The molecule has 1 aromatic rings. The van der Waals surface area contributed by atoms with E-state index in [9.17, 15) is 9.59 Å². The Bertz CT molecular complexity index is 469. The summed E-state index contributed by atoms with van der Waals surface area (Å²) in [6.45, 7) is 4.25. The van der Waals surface area contributed by atoms with Crippen LogP contribution in [-0.2, 0) is 14.3 Å². The lowest BCUT2D eigenvalue weighted by molar-refractivity contribution is -0.146. The Morgan fingerprint density at radius 2 is 2.11 bits per heavy atom. The molecule has 1 aliphatic heterocycles. The fourth-order valence-electron chi connectivity index (χ4n) is 1.85. The van der Waals surface area contributed by atoms with Gasteiger partial charge in [-0.1, -0.05) is 0 Å². The largest absolute Gasteiger partial charge is 0.464 e. The van der Waals surface area contributed by atoms with Crippen molar-refractivity contribution in [2.75, 3.05) is 19.0 Å². The molecule has 0 radical (unpaired) electrons. The smallest absolute Gasteiger partial charge is 0.340 e. The minimum Gasteiger partial charge on any atom is -0.464 e. The molecule has 0 aromatic carbocycles. The van der Waals surface area contributed by atoms with Crippen molar-refractivity contribution in [1.29, 1.82) is 0 Å². The molecular weight excluding hydrogens is 254 g/mol. The third-order valence-electron chi connectivity index (χ3n) is 2.63. The number of carbonyl (C=O) groups excluding carboxylic acids is 2. The van der Waals surface area contributed by atoms with E-state index >= 15 is 0 Å². The van der Waals surface area contributed by atoms with E-state index in [-0.39, 0.29) is 18.0 Å². The predicted molar refractivity (Wildman–Crippen MR) is 66.8 cm³/mol. The van der Waals surface area contributed by atoms with Crippen molar-refractivity contribution in [3.05, 3.63) is 17.8 Å². The highest BCUT2D eigenvalue weighted by Gasteiger charge is 2.33. The monoisotopic (exact) mass is 269 g/mol. The number of rotatable bonds is 4. The SMILES string of the molecule is CCOC(=O)c1ccn2c1SCC2C(=O)OCC. The van der Waals surface area contributed by atoms with E-state index in [1.165, 1.54) is 11.8 Å². The first-order valence-corrected chi connectivity index (χ1v) is 6.85. The maximum absolute atomic E-state index is 11.7. The number of hydrogen-bond acceptors (Lipinski definition) is 5. The van der Waals surface area contributed by atoms with E-state index in [1.54, 1.807) is 30.7 Å². The zero-order chi connectivity index (χ0) is 13.1. The zero-order valence-corrected chi connectivity index (χ0v) is 11.2. The van der Waals surface area contributed by atoms with Gasteiger partial charge in [0, 0.05) is 11.9 Å². The first-order chi connectivity index (χ1) is 8.69. The molecule has 18 heavy (non-hydrogen) atoms. The van der Waals surface area contributed by atoms with Gasteiger partial charge in [-0.15, -0.1) is 11.8 Å². The molecule has 2 rings (SSSR count). The first kappa shape index (κ1) is 13.0. The average Bonchev–Trinajstić information content (AvgIpc) is 2.89. The summed E-state index contributed by atoms with van der Waals surface area (Å²) < 4.78 is 11.8. The van der Waals surface area contributed by atoms with Crippen LogP contribution in [0, 0.1) is 0 Å². The van der Waals surface area contributed by atoms with Gasteiger partial charge in [-0.3, -0.25) is 0 Å². The topological polar surface area (TPSA) is 57.5 Å². The molecule has 1 unspecified atom stereocenters. The van der Waals surface area contributed by atoms with Crippen LogP contribution in [0.3, 0.4) is 0 Å². The third kappa shape index (κ3) is 2.25. The molecule has 0 bridgehead atoms. The van der Waals surface area contributed by atoms with Crippen molar-refractivity contribution in [1.82, 2.24) is 4.57 Å². The molecule has 6 heteroatoms. The van der Waals surface area contributed by atoms with Gasteiger partial charge < -0.3 is 14.0 Å². The highest BCUT2D eigenvalue weighted by Crippen LogP contribution is 2.37. The van der Waals surface area contributed by atoms with Crippen molar-refractivity contribution in [3.63, 3.8) is 0 Å². The third-order valence-corrected chi connectivity index (χ3v) is 3.82. The van der Waals surface area contributed by atoms with Crippen molar-refractivity contribution >= 4 is 23.7 Å². The Labute approximate surface area is 109 Å². The van der Waals surface area contributed by atoms with E-state index in [2.05, 4.69) is 0 Å². The summed E-state index contributed by atoms with van der Waals surface area (Å²) in [6, 6.07) is 1.35. The zero-order valence-electron chi connectivity index (χ0n) is 10.3. The van der Waals surface area contributed by atoms with Gasteiger partial charge in [0.2, 0.25) is 0 Å². The van der Waals surface area contributed by atoms with Gasteiger partial charge in [0.25, 0.3) is 0 Å². The Kier molecular flexibility index (Phi) is 3.96. The molecule has 98 valence electrons. The molecule has 0 aliphatic carbocycles. The highest BCUT2D eigenvalue weighted by molar-refractivity contribution is 7.99. The second kappa shape index (κ2) is 5.48. The summed E-state index contributed by atoms with van der Waals surface area (Å²) >= 11 is 1.48. The van der Waals surface area contributed by atoms with Crippen molar-refractivity contribution in [2.45, 2.75) is 24.9 Å². The summed E-state index contributed by atoms with van der Waals surface area (Å²) in [5.41, 5.74) is 0.522. The first-order valence-electron chi connectivity index (χ1n) is 5.86. The standard InChI is InChI=1S/C12H15NO4S/c1-3-16-11(14)8-5-6-13-9(7-18-10(8)13)12(15)17-4-2/h5-6,9H,3-4,7H2,1-2H3. The predicted octanol–water partition coefficient (Wildman–Crippen LogP) is 1.87. The molecule has 0 N–H and O–H groups in total. The molecule has 2 heterocycles. The number of thioether (sulfide) groups is 1.